The summed E-state index contributed by atoms with van der Waals surface area (Å²) in [5.74, 6) is -2.90. The lowest BCUT2D eigenvalue weighted by Gasteiger charge is -2.14. The van der Waals surface area contributed by atoms with Gasteiger partial charge in [0.05, 0.1) is 22.0 Å². The predicted octanol–water partition coefficient (Wildman–Crippen LogP) is 6.37. The summed E-state index contributed by atoms with van der Waals surface area (Å²) in [6, 6.07) is 6.44. The van der Waals surface area contributed by atoms with Crippen LogP contribution in [-0.4, -0.2) is 26.7 Å². The van der Waals surface area contributed by atoms with E-state index < -0.39 is 29.5 Å². The number of rotatable bonds is 6. The molecule has 2 N–H and O–H groups in total. The minimum Gasteiger partial charge on any atom is -0.506 e. The molecule has 1 aromatic heterocycles. The van der Waals surface area contributed by atoms with Crippen LogP contribution in [0.15, 0.2) is 36.4 Å². The molecule has 170 valence electrons. The van der Waals surface area contributed by atoms with Crippen LogP contribution in [0, 0.1) is 6.92 Å². The van der Waals surface area contributed by atoms with Gasteiger partial charge in [-0.2, -0.15) is 13.2 Å². The van der Waals surface area contributed by atoms with Crippen molar-refractivity contribution in [3.05, 3.63) is 63.8 Å². The number of carbonyl (C=O) groups is 2. The molecule has 1 unspecified atom stereocenters. The Morgan fingerprint density at radius 3 is 2.31 bits per heavy atom. The summed E-state index contributed by atoms with van der Waals surface area (Å²) in [7, 11) is 0. The van der Waals surface area contributed by atoms with E-state index >= 15 is 0 Å². The zero-order valence-electron chi connectivity index (χ0n) is 17.3. The Hall–Kier alpha value is -3.00. The number of hydrogen-bond acceptors (Lipinski definition) is 3. The van der Waals surface area contributed by atoms with Crippen molar-refractivity contribution < 1.29 is 33.0 Å². The Balaban J connectivity index is 2.23. The van der Waals surface area contributed by atoms with Crippen molar-refractivity contribution in [2.45, 2.75) is 45.2 Å². The van der Waals surface area contributed by atoms with Crippen LogP contribution in [-0.2, 0) is 11.0 Å². The van der Waals surface area contributed by atoms with Gasteiger partial charge in [-0.25, -0.2) is 0 Å². The molecule has 0 spiro atoms. The summed E-state index contributed by atoms with van der Waals surface area (Å²) < 4.78 is 39.9. The van der Waals surface area contributed by atoms with Crippen LogP contribution in [0.1, 0.15) is 59.3 Å². The van der Waals surface area contributed by atoms with Gasteiger partial charge >= 0.3 is 12.1 Å². The molecule has 0 radical (unpaired) electrons. The van der Waals surface area contributed by atoms with Crippen LogP contribution in [0.2, 0.25) is 5.02 Å². The highest BCUT2D eigenvalue weighted by Crippen LogP contribution is 2.39. The van der Waals surface area contributed by atoms with Crippen LogP contribution in [0.5, 0.6) is 5.75 Å². The van der Waals surface area contributed by atoms with Crippen molar-refractivity contribution in [3.63, 3.8) is 0 Å². The van der Waals surface area contributed by atoms with Crippen molar-refractivity contribution in [3.8, 4) is 5.75 Å². The Morgan fingerprint density at radius 1 is 1.16 bits per heavy atom. The number of halogens is 4. The highest BCUT2D eigenvalue weighted by Gasteiger charge is 2.32. The maximum absolute atomic E-state index is 13.3. The normalized spacial score (nSPS) is 12.8. The lowest BCUT2D eigenvalue weighted by molar-refractivity contribution is -0.139. The van der Waals surface area contributed by atoms with E-state index in [1.54, 1.807) is 6.92 Å². The molecule has 0 saturated carbocycles. The molecule has 0 bridgehead atoms. The number of phenols is 1. The molecular weight excluding hydrogens is 447 g/mol. The second kappa shape index (κ2) is 8.86. The Bertz CT molecular complexity index is 1180. The summed E-state index contributed by atoms with van der Waals surface area (Å²) >= 11 is 6.05. The van der Waals surface area contributed by atoms with Crippen molar-refractivity contribution in [2.24, 2.45) is 0 Å². The fourth-order valence-electron chi connectivity index (χ4n) is 3.88. The van der Waals surface area contributed by atoms with Gasteiger partial charge in [0.2, 0.25) is 0 Å². The number of carbonyl (C=O) groups excluding carboxylic acids is 1. The van der Waals surface area contributed by atoms with Crippen LogP contribution in [0.25, 0.3) is 10.9 Å². The number of fused-ring (bicyclic) bond motifs is 1. The maximum Gasteiger partial charge on any atom is 0.416 e. The number of hydrogen-bond donors (Lipinski definition) is 2. The second-order valence-corrected chi connectivity index (χ2v) is 7.98. The zero-order valence-corrected chi connectivity index (χ0v) is 18.1. The molecule has 2 aromatic carbocycles. The van der Waals surface area contributed by atoms with E-state index in [0.29, 0.717) is 29.5 Å². The number of alkyl halides is 3. The predicted molar refractivity (Wildman–Crippen MR) is 114 cm³/mol. The molecule has 0 aliphatic heterocycles. The number of nitrogens with zero attached hydrogens (tertiary/aromatic N) is 1. The summed E-state index contributed by atoms with van der Waals surface area (Å²) in [5, 5.41) is 20.3. The van der Waals surface area contributed by atoms with E-state index in [0.717, 1.165) is 30.7 Å². The van der Waals surface area contributed by atoms with E-state index in [1.807, 2.05) is 6.92 Å². The van der Waals surface area contributed by atoms with E-state index in [9.17, 15) is 33.0 Å². The third-order valence-electron chi connectivity index (χ3n) is 5.48. The van der Waals surface area contributed by atoms with E-state index in [2.05, 4.69) is 0 Å². The monoisotopic (exact) mass is 467 g/mol. The summed E-state index contributed by atoms with van der Waals surface area (Å²) in [6.07, 6.45) is -2.81. The highest BCUT2D eigenvalue weighted by atomic mass is 35.5. The summed E-state index contributed by atoms with van der Waals surface area (Å²) in [4.78, 5) is 25.3. The van der Waals surface area contributed by atoms with Crippen LogP contribution in [0.4, 0.5) is 13.2 Å². The third-order valence-corrected chi connectivity index (χ3v) is 5.78. The summed E-state index contributed by atoms with van der Waals surface area (Å²) in [5.41, 5.74) is 0.0765. The second-order valence-electron chi connectivity index (χ2n) is 7.57. The fourth-order valence-corrected chi connectivity index (χ4v) is 4.04. The molecule has 9 heteroatoms. The molecule has 0 saturated heterocycles. The van der Waals surface area contributed by atoms with Crippen LogP contribution < -0.4 is 0 Å². The molecule has 3 rings (SSSR count). The molecule has 0 aliphatic carbocycles. The third kappa shape index (κ3) is 4.32. The number of carboxylic acid groups (broad SMARTS) is 1. The van der Waals surface area contributed by atoms with E-state index in [1.165, 1.54) is 16.7 Å². The average molecular weight is 468 g/mol. The molecule has 3 aromatic rings. The lowest BCUT2D eigenvalue weighted by atomic mass is 9.91. The molecule has 1 heterocycles. The van der Waals surface area contributed by atoms with Gasteiger partial charge < -0.3 is 10.2 Å². The Morgan fingerprint density at radius 2 is 1.78 bits per heavy atom. The molecular formula is C23H21ClF3NO4. The van der Waals surface area contributed by atoms with Crippen molar-refractivity contribution in [2.75, 3.05) is 0 Å². The van der Waals surface area contributed by atoms with Gasteiger partial charge in [0, 0.05) is 16.6 Å². The van der Waals surface area contributed by atoms with Gasteiger partial charge in [-0.05, 0) is 55.3 Å². The van der Waals surface area contributed by atoms with E-state index in [-0.39, 0.29) is 21.9 Å². The van der Waals surface area contributed by atoms with Gasteiger partial charge in [-0.1, -0.05) is 31.4 Å². The molecule has 0 amide bonds. The standard InChI is InChI=1S/C23H21ClF3NO4/c1-3-4-5-15(22(31)32)20-12(2)28(18-11-17(24)19(29)10-16(18)20)21(30)13-6-8-14(9-7-13)23(25,26)27/h6-11,15,29H,3-5H2,1-2H3,(H,31,32). The molecule has 5 nitrogen and oxygen atoms in total. The number of phenolic OH excluding ortho intramolecular Hbond substituents is 1. The first-order valence-corrected chi connectivity index (χ1v) is 10.3. The number of aromatic nitrogens is 1. The first kappa shape index (κ1) is 23.7. The highest BCUT2D eigenvalue weighted by molar-refractivity contribution is 6.33. The van der Waals surface area contributed by atoms with Crippen molar-refractivity contribution in [1.82, 2.24) is 4.57 Å². The Kier molecular flexibility index (Phi) is 6.55. The Labute approximate surface area is 187 Å². The number of benzene rings is 2. The van der Waals surface area contributed by atoms with Gasteiger partial charge in [-0.15, -0.1) is 0 Å². The topological polar surface area (TPSA) is 79.5 Å². The first-order valence-electron chi connectivity index (χ1n) is 9.95. The van der Waals surface area contributed by atoms with Gasteiger partial charge in [-0.3, -0.25) is 14.2 Å². The van der Waals surface area contributed by atoms with Gasteiger partial charge in [0.1, 0.15) is 5.75 Å². The van der Waals surface area contributed by atoms with E-state index in [4.69, 9.17) is 11.6 Å². The quantitative estimate of drug-likeness (QED) is 0.441. The maximum atomic E-state index is 13.3. The summed E-state index contributed by atoms with van der Waals surface area (Å²) in [6.45, 7) is 3.50. The number of aliphatic carboxylic acids is 1. The molecule has 0 aliphatic rings. The fraction of sp³-hybridized carbons (Fsp3) is 0.304. The van der Waals surface area contributed by atoms with Gasteiger partial charge in [0.25, 0.3) is 5.91 Å². The molecule has 32 heavy (non-hydrogen) atoms. The molecule has 1 atom stereocenters. The smallest absolute Gasteiger partial charge is 0.416 e. The minimum atomic E-state index is -4.54. The zero-order chi connectivity index (χ0) is 23.8. The van der Waals surface area contributed by atoms with Crippen molar-refractivity contribution in [1.29, 1.82) is 0 Å². The largest absolute Gasteiger partial charge is 0.506 e. The SMILES string of the molecule is CCCCC(C(=O)O)c1c(C)n(C(=O)c2ccc(C(F)(F)F)cc2)c2cc(Cl)c(O)cc12. The minimum absolute atomic E-state index is 0.00539. The van der Waals surface area contributed by atoms with Gasteiger partial charge in [0.15, 0.2) is 0 Å². The van der Waals surface area contributed by atoms with Crippen LogP contribution in [0.3, 0.4) is 0 Å². The van der Waals surface area contributed by atoms with Crippen molar-refractivity contribution >= 4 is 34.4 Å². The molecule has 0 fully saturated rings. The average Bonchev–Trinajstić information content (AvgIpc) is 2.98. The number of aromatic hydroxyl groups is 1. The first-order chi connectivity index (χ1) is 15.0. The van der Waals surface area contributed by atoms with Crippen LogP contribution >= 0.6 is 11.6 Å². The number of unbranched alkanes of at least 4 members (excludes halogenated alkanes) is 1. The number of carboxylic acids is 1. The lowest BCUT2D eigenvalue weighted by Crippen LogP contribution is -2.16.